The van der Waals surface area contributed by atoms with Gasteiger partial charge in [-0.2, -0.15) is 0 Å². The molecule has 0 aliphatic heterocycles. The summed E-state index contributed by atoms with van der Waals surface area (Å²) >= 11 is 0. The molecule has 31 heavy (non-hydrogen) atoms. The van der Waals surface area contributed by atoms with E-state index in [9.17, 15) is 5.11 Å². The van der Waals surface area contributed by atoms with Crippen molar-refractivity contribution in [2.24, 2.45) is 5.92 Å². The second kappa shape index (κ2) is 11.2. The molecule has 3 rings (SSSR count). The van der Waals surface area contributed by atoms with Gasteiger partial charge in [-0.25, -0.2) is 0 Å². The second-order valence-corrected chi connectivity index (χ2v) is 10.4. The molecule has 0 saturated heterocycles. The number of aliphatic hydroxyl groups is 1. The van der Waals surface area contributed by atoms with Gasteiger partial charge in [0.15, 0.2) is 0 Å². The molecule has 2 aromatic rings. The van der Waals surface area contributed by atoms with Crippen LogP contribution in [0.25, 0.3) is 0 Å². The standard InChI is InChI=1S/C29H42O2/c1-5-6-7-11-16-29(3,4)25-14-15-27(24-17-22(2)18-26(30)19-24)28(20-25)31-21-23-12-9-8-10-13-23/h8-10,12-15,20,22,24,26,30H,5-7,11,16-19,21H2,1-4H3/t22-,24+,26+/m0/s1. The molecule has 0 aromatic heterocycles. The lowest BCUT2D eigenvalue weighted by atomic mass is 9.75. The van der Waals surface area contributed by atoms with E-state index in [1.807, 2.05) is 6.07 Å². The van der Waals surface area contributed by atoms with Crippen LogP contribution in [-0.2, 0) is 12.0 Å². The van der Waals surface area contributed by atoms with Crippen LogP contribution in [0.5, 0.6) is 5.75 Å². The average molecular weight is 423 g/mol. The first-order chi connectivity index (χ1) is 14.9. The van der Waals surface area contributed by atoms with E-state index in [1.165, 1.54) is 48.8 Å². The van der Waals surface area contributed by atoms with Crippen molar-refractivity contribution < 1.29 is 9.84 Å². The maximum atomic E-state index is 10.4. The van der Waals surface area contributed by atoms with Crippen LogP contribution in [0.3, 0.4) is 0 Å². The van der Waals surface area contributed by atoms with Gasteiger partial charge in [0.05, 0.1) is 6.10 Å². The number of rotatable bonds is 10. The summed E-state index contributed by atoms with van der Waals surface area (Å²) in [5.41, 5.74) is 3.96. The molecule has 1 aliphatic rings. The van der Waals surface area contributed by atoms with Crippen LogP contribution in [0, 0.1) is 5.92 Å². The van der Waals surface area contributed by atoms with E-state index in [2.05, 4.69) is 70.2 Å². The third-order valence-electron chi connectivity index (χ3n) is 7.05. The molecule has 0 bridgehead atoms. The highest BCUT2D eigenvalue weighted by Crippen LogP contribution is 2.42. The van der Waals surface area contributed by atoms with Crippen LogP contribution in [-0.4, -0.2) is 11.2 Å². The van der Waals surface area contributed by atoms with Crippen LogP contribution >= 0.6 is 0 Å². The molecule has 1 N–H and O–H groups in total. The number of unbranched alkanes of at least 4 members (excludes halogenated alkanes) is 3. The fraction of sp³-hybridized carbons (Fsp3) is 0.586. The minimum absolute atomic E-state index is 0.135. The Kier molecular flexibility index (Phi) is 8.60. The Morgan fingerprint density at radius 2 is 1.74 bits per heavy atom. The summed E-state index contributed by atoms with van der Waals surface area (Å²) in [5.74, 6) is 1.92. The molecule has 1 aliphatic carbocycles. The van der Waals surface area contributed by atoms with Gasteiger partial charge in [-0.05, 0) is 65.7 Å². The quantitative estimate of drug-likeness (QED) is 0.396. The Morgan fingerprint density at radius 3 is 2.45 bits per heavy atom. The van der Waals surface area contributed by atoms with Gasteiger partial charge in [0.1, 0.15) is 12.4 Å². The zero-order valence-corrected chi connectivity index (χ0v) is 20.1. The van der Waals surface area contributed by atoms with Crippen molar-refractivity contribution >= 4 is 0 Å². The first kappa shape index (κ1) is 23.9. The molecule has 2 heteroatoms. The molecule has 2 nitrogen and oxygen atoms in total. The highest BCUT2D eigenvalue weighted by Gasteiger charge is 2.29. The first-order valence-electron chi connectivity index (χ1n) is 12.4. The maximum Gasteiger partial charge on any atom is 0.123 e. The summed E-state index contributed by atoms with van der Waals surface area (Å²) in [4.78, 5) is 0. The molecule has 3 atom stereocenters. The Hall–Kier alpha value is -1.80. The molecule has 0 amide bonds. The van der Waals surface area contributed by atoms with Gasteiger partial charge in [-0.15, -0.1) is 0 Å². The molecule has 1 fully saturated rings. The summed E-state index contributed by atoms with van der Waals surface area (Å²) in [6.45, 7) is 9.83. The SMILES string of the molecule is CCCCCCC(C)(C)c1ccc([C@@H]2C[C@H](C)C[C@@H](O)C2)c(OCc2ccccc2)c1. The zero-order chi connectivity index (χ0) is 22.3. The van der Waals surface area contributed by atoms with E-state index >= 15 is 0 Å². The predicted molar refractivity (Wildman–Crippen MR) is 131 cm³/mol. The topological polar surface area (TPSA) is 29.5 Å². The Labute approximate surface area is 190 Å². The van der Waals surface area contributed by atoms with Crippen molar-refractivity contribution in [3.05, 3.63) is 65.2 Å². The summed E-state index contributed by atoms with van der Waals surface area (Å²) in [7, 11) is 0. The third kappa shape index (κ3) is 6.84. The Balaban J connectivity index is 1.83. The van der Waals surface area contributed by atoms with E-state index in [0.717, 1.165) is 25.0 Å². The number of ether oxygens (including phenoxy) is 1. The van der Waals surface area contributed by atoms with Gasteiger partial charge in [0.25, 0.3) is 0 Å². The lowest BCUT2D eigenvalue weighted by molar-refractivity contribution is 0.0937. The van der Waals surface area contributed by atoms with Crippen molar-refractivity contribution in [1.29, 1.82) is 0 Å². The number of hydrogen-bond donors (Lipinski definition) is 1. The van der Waals surface area contributed by atoms with Gasteiger partial charge >= 0.3 is 0 Å². The fourth-order valence-electron chi connectivity index (χ4n) is 5.11. The Morgan fingerprint density at radius 1 is 0.968 bits per heavy atom. The highest BCUT2D eigenvalue weighted by molar-refractivity contribution is 5.43. The largest absolute Gasteiger partial charge is 0.489 e. The Bertz CT molecular complexity index is 786. The van der Waals surface area contributed by atoms with Crippen molar-refractivity contribution in [2.45, 2.75) is 103 Å². The molecule has 0 spiro atoms. The first-order valence-corrected chi connectivity index (χ1v) is 12.4. The third-order valence-corrected chi connectivity index (χ3v) is 7.05. The summed E-state index contributed by atoms with van der Waals surface area (Å²) < 4.78 is 6.44. The summed E-state index contributed by atoms with van der Waals surface area (Å²) in [5, 5.41) is 10.4. The van der Waals surface area contributed by atoms with Crippen molar-refractivity contribution in [3.63, 3.8) is 0 Å². The normalized spacial score (nSPS) is 21.8. The predicted octanol–water partition coefficient (Wildman–Crippen LogP) is 7.78. The highest BCUT2D eigenvalue weighted by atomic mass is 16.5. The van der Waals surface area contributed by atoms with Crippen LogP contribution in [0.2, 0.25) is 0 Å². The molecule has 0 radical (unpaired) electrons. The monoisotopic (exact) mass is 422 g/mol. The zero-order valence-electron chi connectivity index (χ0n) is 20.1. The minimum atomic E-state index is -0.203. The van der Waals surface area contributed by atoms with E-state index < -0.39 is 0 Å². The van der Waals surface area contributed by atoms with E-state index in [1.54, 1.807) is 0 Å². The van der Waals surface area contributed by atoms with Gasteiger partial charge in [-0.3, -0.25) is 0 Å². The lowest BCUT2D eigenvalue weighted by Gasteiger charge is -2.33. The molecular weight excluding hydrogens is 380 g/mol. The van der Waals surface area contributed by atoms with E-state index in [-0.39, 0.29) is 11.5 Å². The molecule has 1 saturated carbocycles. The lowest BCUT2D eigenvalue weighted by Crippen LogP contribution is -2.24. The average Bonchev–Trinajstić information content (AvgIpc) is 2.75. The van der Waals surface area contributed by atoms with Crippen molar-refractivity contribution in [2.75, 3.05) is 0 Å². The van der Waals surface area contributed by atoms with Crippen LogP contribution in [0.15, 0.2) is 48.5 Å². The number of hydrogen-bond acceptors (Lipinski definition) is 2. The number of benzene rings is 2. The van der Waals surface area contributed by atoms with Crippen LogP contribution in [0.1, 0.15) is 102 Å². The maximum absolute atomic E-state index is 10.4. The molecule has 170 valence electrons. The molecule has 0 heterocycles. The van der Waals surface area contributed by atoms with Gasteiger partial charge in [-0.1, -0.05) is 95.8 Å². The van der Waals surface area contributed by atoms with Crippen molar-refractivity contribution in [3.8, 4) is 5.75 Å². The van der Waals surface area contributed by atoms with Crippen LogP contribution in [0.4, 0.5) is 0 Å². The molecule has 2 aromatic carbocycles. The van der Waals surface area contributed by atoms with Gasteiger partial charge in [0, 0.05) is 0 Å². The fourth-order valence-corrected chi connectivity index (χ4v) is 5.11. The van der Waals surface area contributed by atoms with Crippen LogP contribution < -0.4 is 4.74 Å². The van der Waals surface area contributed by atoms with Gasteiger partial charge in [0.2, 0.25) is 0 Å². The summed E-state index contributed by atoms with van der Waals surface area (Å²) in [6.07, 6.45) is 9.06. The minimum Gasteiger partial charge on any atom is -0.489 e. The van der Waals surface area contributed by atoms with Crippen molar-refractivity contribution in [1.82, 2.24) is 0 Å². The van der Waals surface area contributed by atoms with E-state index in [4.69, 9.17) is 4.74 Å². The summed E-state index contributed by atoms with van der Waals surface area (Å²) in [6, 6.07) is 17.3. The smallest absolute Gasteiger partial charge is 0.123 e. The second-order valence-electron chi connectivity index (χ2n) is 10.4. The number of aliphatic hydroxyl groups excluding tert-OH is 1. The van der Waals surface area contributed by atoms with Gasteiger partial charge < -0.3 is 9.84 Å². The van der Waals surface area contributed by atoms with E-state index in [0.29, 0.717) is 18.4 Å². The molecule has 0 unspecified atom stereocenters. The molecular formula is C29H42O2.